The van der Waals surface area contributed by atoms with Crippen LogP contribution in [-0.2, 0) is 11.3 Å². The first-order valence-electron chi connectivity index (χ1n) is 12.4. The molecule has 0 aliphatic carbocycles. The van der Waals surface area contributed by atoms with Crippen LogP contribution < -0.4 is 10.1 Å². The van der Waals surface area contributed by atoms with Crippen molar-refractivity contribution in [1.29, 1.82) is 0 Å². The third-order valence-electron chi connectivity index (χ3n) is 6.73. The predicted octanol–water partition coefficient (Wildman–Crippen LogP) is 4.06. The zero-order valence-corrected chi connectivity index (χ0v) is 21.2. The molecule has 2 saturated heterocycles. The molecule has 0 amide bonds. The summed E-state index contributed by atoms with van der Waals surface area (Å²) in [7, 11) is 1.69. The minimum Gasteiger partial charge on any atom is -0.496 e. The molecular formula is C27H34F2N4O4. The van der Waals surface area contributed by atoms with Crippen molar-refractivity contribution in [1.82, 2.24) is 14.8 Å². The van der Waals surface area contributed by atoms with E-state index in [2.05, 4.69) is 34.3 Å². The third-order valence-corrected chi connectivity index (χ3v) is 6.73. The summed E-state index contributed by atoms with van der Waals surface area (Å²) in [6.45, 7) is 7.00. The number of alkyl halides is 2. The number of aromatic amines is 1. The summed E-state index contributed by atoms with van der Waals surface area (Å²) < 4.78 is 35.5. The van der Waals surface area contributed by atoms with Gasteiger partial charge in [-0.2, -0.15) is 0 Å². The van der Waals surface area contributed by atoms with E-state index in [0.717, 1.165) is 42.0 Å². The average Bonchev–Trinajstić information content (AvgIpc) is 3.35. The number of anilines is 1. The van der Waals surface area contributed by atoms with E-state index in [1.54, 1.807) is 25.3 Å². The van der Waals surface area contributed by atoms with Crippen molar-refractivity contribution in [2.24, 2.45) is 0 Å². The lowest BCUT2D eigenvalue weighted by atomic mass is 10.0. The summed E-state index contributed by atoms with van der Waals surface area (Å²) in [6.07, 6.45) is -0.306. The Kier molecular flexibility index (Phi) is 8.96. The van der Waals surface area contributed by atoms with Gasteiger partial charge < -0.3 is 24.9 Å². The second-order valence-corrected chi connectivity index (χ2v) is 9.34. The fourth-order valence-corrected chi connectivity index (χ4v) is 4.66. The van der Waals surface area contributed by atoms with E-state index < -0.39 is 12.4 Å². The number of piperazine rings is 1. The lowest BCUT2D eigenvalue weighted by Crippen LogP contribution is -2.47. The van der Waals surface area contributed by atoms with E-state index in [-0.39, 0.29) is 12.6 Å². The number of benzene rings is 2. The Balaban J connectivity index is 0.000000195. The van der Waals surface area contributed by atoms with Crippen molar-refractivity contribution in [2.45, 2.75) is 25.9 Å². The number of ether oxygens (including phenoxy) is 2. The number of hydrogen-bond donors (Lipinski definition) is 3. The molecular weight excluding hydrogens is 482 g/mol. The monoisotopic (exact) mass is 516 g/mol. The number of hydrogen-bond acceptors (Lipinski definition) is 6. The molecule has 0 saturated carbocycles. The normalized spacial score (nSPS) is 16.8. The molecule has 5 rings (SSSR count). The van der Waals surface area contributed by atoms with Crippen molar-refractivity contribution in [3.63, 3.8) is 0 Å². The van der Waals surface area contributed by atoms with Gasteiger partial charge in [0, 0.05) is 61.1 Å². The number of aromatic carboxylic acids is 1. The molecule has 0 spiro atoms. The quantitative estimate of drug-likeness (QED) is 0.416. The smallest absolute Gasteiger partial charge is 0.337 e. The van der Waals surface area contributed by atoms with Gasteiger partial charge in [0.2, 0.25) is 0 Å². The molecule has 1 aromatic heterocycles. The number of methoxy groups -OCH3 is 1. The number of para-hydroxylation sites is 1. The Bertz CT molecular complexity index is 1190. The number of aryl methyl sites for hydroxylation is 1. The zero-order chi connectivity index (χ0) is 26.4. The molecule has 2 aromatic carbocycles. The predicted molar refractivity (Wildman–Crippen MR) is 139 cm³/mol. The van der Waals surface area contributed by atoms with Crippen LogP contribution in [-0.4, -0.2) is 91.4 Å². The minimum absolute atomic E-state index is 0.121. The third kappa shape index (κ3) is 6.76. The summed E-state index contributed by atoms with van der Waals surface area (Å²) in [5, 5.41) is 13.2. The molecule has 37 heavy (non-hydrogen) atoms. The molecule has 3 N–H and O–H groups in total. The van der Waals surface area contributed by atoms with Crippen molar-refractivity contribution in [2.75, 3.05) is 58.4 Å². The van der Waals surface area contributed by atoms with Gasteiger partial charge in [-0.15, -0.1) is 0 Å². The Hall–Kier alpha value is -3.21. The number of carbonyl (C=O) groups is 1. The fraction of sp³-hybridized carbons (Fsp3) is 0.444. The first kappa shape index (κ1) is 26.8. The molecule has 3 aromatic rings. The van der Waals surface area contributed by atoms with Gasteiger partial charge in [-0.05, 0) is 36.8 Å². The minimum atomic E-state index is -2.25. The standard InChI is InChI=1S/C17H23F2N3O.C10H11NO3/c1-12-9-15(23-2)14(13-3-4-20-17(12)13)10-21-5-7-22(8-6-21)11-16(18)19;12-10(13)8-3-1-2-4-9(8)11-7-5-14-6-7/h3-4,9,16,20H,5-8,10-11H2,1-2H3;1-4,7,11H,5-6H2,(H,12,13). The van der Waals surface area contributed by atoms with Crippen LogP contribution in [0.1, 0.15) is 21.5 Å². The van der Waals surface area contributed by atoms with Gasteiger partial charge in [-0.3, -0.25) is 9.80 Å². The Morgan fingerprint density at radius 2 is 1.89 bits per heavy atom. The van der Waals surface area contributed by atoms with Crippen molar-refractivity contribution < 1.29 is 28.2 Å². The van der Waals surface area contributed by atoms with Crippen LogP contribution in [0.15, 0.2) is 42.6 Å². The molecule has 2 fully saturated rings. The second kappa shape index (κ2) is 12.4. The van der Waals surface area contributed by atoms with Crippen LogP contribution in [0, 0.1) is 6.92 Å². The molecule has 2 aliphatic rings. The fourth-order valence-electron chi connectivity index (χ4n) is 4.66. The summed E-state index contributed by atoms with van der Waals surface area (Å²) >= 11 is 0. The Morgan fingerprint density at radius 3 is 2.51 bits per heavy atom. The van der Waals surface area contributed by atoms with Crippen molar-refractivity contribution in [3.8, 4) is 5.75 Å². The van der Waals surface area contributed by atoms with Crippen LogP contribution in [0.2, 0.25) is 0 Å². The molecule has 0 atom stereocenters. The molecule has 10 heteroatoms. The first-order chi connectivity index (χ1) is 17.9. The molecule has 8 nitrogen and oxygen atoms in total. The lowest BCUT2D eigenvalue weighted by Gasteiger charge is -2.34. The highest BCUT2D eigenvalue weighted by atomic mass is 19.3. The van der Waals surface area contributed by atoms with Gasteiger partial charge >= 0.3 is 5.97 Å². The van der Waals surface area contributed by atoms with E-state index in [4.69, 9.17) is 14.6 Å². The maximum Gasteiger partial charge on any atom is 0.337 e. The number of rotatable bonds is 8. The number of H-pyrrole nitrogens is 1. The first-order valence-corrected chi connectivity index (χ1v) is 12.4. The Labute approximate surface area is 215 Å². The number of carboxylic acid groups (broad SMARTS) is 1. The molecule has 0 radical (unpaired) electrons. The van der Waals surface area contributed by atoms with Gasteiger partial charge in [-0.25, -0.2) is 13.6 Å². The topological polar surface area (TPSA) is 90.1 Å². The summed E-state index contributed by atoms with van der Waals surface area (Å²) in [6, 6.07) is 11.3. The number of aromatic nitrogens is 1. The number of carboxylic acids is 1. The maximum atomic E-state index is 12.5. The summed E-state index contributed by atoms with van der Waals surface area (Å²) in [5.74, 6) is -0.0158. The number of nitrogens with zero attached hydrogens (tertiary/aromatic N) is 2. The SMILES string of the molecule is COc1cc(C)c2[nH]ccc2c1CN1CCN(CC(F)F)CC1.O=C(O)c1ccccc1NC1COC1. The van der Waals surface area contributed by atoms with Gasteiger partial charge in [0.05, 0.1) is 38.5 Å². The molecule has 200 valence electrons. The van der Waals surface area contributed by atoms with Gasteiger partial charge in [0.15, 0.2) is 0 Å². The number of nitrogens with one attached hydrogen (secondary N) is 2. The average molecular weight is 517 g/mol. The van der Waals surface area contributed by atoms with Crippen LogP contribution in [0.4, 0.5) is 14.5 Å². The molecule has 2 aliphatic heterocycles. The zero-order valence-electron chi connectivity index (χ0n) is 21.2. The van der Waals surface area contributed by atoms with Gasteiger partial charge in [0.25, 0.3) is 6.43 Å². The molecule has 0 bridgehead atoms. The van der Waals surface area contributed by atoms with E-state index >= 15 is 0 Å². The second-order valence-electron chi connectivity index (χ2n) is 9.34. The highest BCUT2D eigenvalue weighted by Crippen LogP contribution is 2.31. The Morgan fingerprint density at radius 1 is 1.19 bits per heavy atom. The summed E-state index contributed by atoms with van der Waals surface area (Å²) in [4.78, 5) is 18.3. The van der Waals surface area contributed by atoms with Crippen LogP contribution in [0.3, 0.4) is 0 Å². The van der Waals surface area contributed by atoms with E-state index in [1.165, 1.54) is 5.39 Å². The largest absolute Gasteiger partial charge is 0.496 e. The maximum absolute atomic E-state index is 12.5. The van der Waals surface area contributed by atoms with Crippen LogP contribution in [0.5, 0.6) is 5.75 Å². The molecule has 3 heterocycles. The van der Waals surface area contributed by atoms with Crippen LogP contribution >= 0.6 is 0 Å². The number of halogens is 2. The van der Waals surface area contributed by atoms with E-state index in [9.17, 15) is 13.6 Å². The van der Waals surface area contributed by atoms with Gasteiger partial charge in [-0.1, -0.05) is 12.1 Å². The highest BCUT2D eigenvalue weighted by Gasteiger charge is 2.22. The van der Waals surface area contributed by atoms with Crippen molar-refractivity contribution in [3.05, 3.63) is 59.3 Å². The van der Waals surface area contributed by atoms with E-state index in [0.29, 0.717) is 37.6 Å². The number of fused-ring (bicyclic) bond motifs is 1. The van der Waals surface area contributed by atoms with Crippen molar-refractivity contribution >= 4 is 22.6 Å². The molecule has 0 unspecified atom stereocenters. The lowest BCUT2D eigenvalue weighted by molar-refractivity contribution is 0.0210. The van der Waals surface area contributed by atoms with Crippen LogP contribution in [0.25, 0.3) is 10.9 Å². The van der Waals surface area contributed by atoms with Gasteiger partial charge in [0.1, 0.15) is 5.75 Å². The van der Waals surface area contributed by atoms with E-state index in [1.807, 2.05) is 17.2 Å². The highest BCUT2D eigenvalue weighted by molar-refractivity contribution is 5.94. The summed E-state index contributed by atoms with van der Waals surface area (Å²) in [5.41, 5.74) is 4.42.